The van der Waals surface area contributed by atoms with Crippen molar-refractivity contribution in [1.29, 1.82) is 0 Å². The van der Waals surface area contributed by atoms with E-state index in [2.05, 4.69) is 0 Å². The molecule has 0 saturated carbocycles. The second kappa shape index (κ2) is 5.83. The number of halogens is 3. The highest BCUT2D eigenvalue weighted by molar-refractivity contribution is 5.97. The zero-order chi connectivity index (χ0) is 17.5. The maximum Gasteiger partial charge on any atom is 0.416 e. The summed E-state index contributed by atoms with van der Waals surface area (Å²) in [7, 11) is 0. The minimum absolute atomic E-state index is 0.275. The highest BCUT2D eigenvalue weighted by Crippen LogP contribution is 2.36. The van der Waals surface area contributed by atoms with Gasteiger partial charge in [-0.2, -0.15) is 13.2 Å². The first-order valence-corrected chi connectivity index (χ1v) is 7.21. The van der Waals surface area contributed by atoms with Gasteiger partial charge in [0.05, 0.1) is 17.7 Å². The monoisotopic (exact) mass is 337 g/mol. The number of carbonyl (C=O) groups is 1. The van der Waals surface area contributed by atoms with E-state index in [1.54, 1.807) is 0 Å². The smallest absolute Gasteiger partial charge is 0.416 e. The fourth-order valence-electron chi connectivity index (χ4n) is 2.84. The lowest BCUT2D eigenvalue weighted by atomic mass is 10.0. The number of hydrogen-bond acceptors (Lipinski definition) is 3. The molecule has 2 N–H and O–H groups in total. The van der Waals surface area contributed by atoms with E-state index in [4.69, 9.17) is 5.11 Å². The van der Waals surface area contributed by atoms with Gasteiger partial charge in [-0.3, -0.25) is 4.79 Å². The van der Waals surface area contributed by atoms with Crippen LogP contribution in [0.5, 0.6) is 5.75 Å². The molecule has 4 nitrogen and oxygen atoms in total. The van der Waals surface area contributed by atoms with Crippen LogP contribution in [0.15, 0.2) is 36.4 Å². The lowest BCUT2D eigenvalue weighted by molar-refractivity contribution is -0.138. The molecule has 0 atom stereocenters. The van der Waals surface area contributed by atoms with Gasteiger partial charge in [-0.1, -0.05) is 24.3 Å². The molecule has 0 fully saturated rings. The molecule has 1 aliphatic heterocycles. The van der Waals surface area contributed by atoms with Crippen LogP contribution in [0.1, 0.15) is 32.6 Å². The topological polar surface area (TPSA) is 60.8 Å². The molecule has 24 heavy (non-hydrogen) atoms. The first-order chi connectivity index (χ1) is 11.3. The van der Waals surface area contributed by atoms with Crippen LogP contribution in [0.3, 0.4) is 0 Å². The van der Waals surface area contributed by atoms with Crippen LogP contribution >= 0.6 is 0 Å². The summed E-state index contributed by atoms with van der Waals surface area (Å²) >= 11 is 0. The van der Waals surface area contributed by atoms with Crippen LogP contribution in [-0.4, -0.2) is 21.0 Å². The summed E-state index contributed by atoms with van der Waals surface area (Å²) in [6.45, 7) is -0.332. The Bertz CT molecular complexity index is 777. The maximum atomic E-state index is 13.1. The molecule has 0 saturated heterocycles. The first-order valence-electron chi connectivity index (χ1n) is 7.21. The molecule has 0 aliphatic carbocycles. The summed E-state index contributed by atoms with van der Waals surface area (Å²) in [5.74, 6) is -1.26. The molecule has 0 spiro atoms. The summed E-state index contributed by atoms with van der Waals surface area (Å²) < 4.78 is 39.3. The zero-order valence-corrected chi connectivity index (χ0v) is 12.5. The SMILES string of the molecule is O=C(c1cc(C(F)(F)F)c(CO)cc1O)N1Cc2ccccc2C1. The minimum Gasteiger partial charge on any atom is -0.507 e. The highest BCUT2D eigenvalue weighted by Gasteiger charge is 2.36. The van der Waals surface area contributed by atoms with Gasteiger partial charge >= 0.3 is 6.18 Å². The van der Waals surface area contributed by atoms with Gasteiger partial charge in [-0.15, -0.1) is 0 Å². The number of aromatic hydroxyl groups is 1. The number of rotatable bonds is 2. The van der Waals surface area contributed by atoms with Crippen molar-refractivity contribution >= 4 is 5.91 Å². The van der Waals surface area contributed by atoms with Gasteiger partial charge in [-0.05, 0) is 28.8 Å². The quantitative estimate of drug-likeness (QED) is 0.885. The van der Waals surface area contributed by atoms with Crippen molar-refractivity contribution < 1.29 is 28.2 Å². The Morgan fingerprint density at radius 3 is 2.21 bits per heavy atom. The lowest BCUT2D eigenvalue weighted by Gasteiger charge is -2.19. The summed E-state index contributed by atoms with van der Waals surface area (Å²) in [4.78, 5) is 13.9. The van der Waals surface area contributed by atoms with Gasteiger partial charge in [0.2, 0.25) is 0 Å². The molecule has 1 heterocycles. The van der Waals surface area contributed by atoms with E-state index in [0.29, 0.717) is 6.07 Å². The second-order valence-electron chi connectivity index (χ2n) is 5.61. The zero-order valence-electron chi connectivity index (χ0n) is 12.5. The first kappa shape index (κ1) is 16.3. The lowest BCUT2D eigenvalue weighted by Crippen LogP contribution is -2.26. The molecule has 3 rings (SSSR count). The molecule has 1 amide bonds. The number of aliphatic hydroxyl groups is 1. The van der Waals surface area contributed by atoms with E-state index >= 15 is 0 Å². The average Bonchev–Trinajstić information content (AvgIpc) is 2.96. The van der Waals surface area contributed by atoms with E-state index in [1.807, 2.05) is 24.3 Å². The Hall–Kier alpha value is -2.54. The van der Waals surface area contributed by atoms with Crippen molar-refractivity contribution in [3.05, 3.63) is 64.2 Å². The van der Waals surface area contributed by atoms with Crippen LogP contribution in [0.4, 0.5) is 13.2 Å². The third-order valence-corrected chi connectivity index (χ3v) is 4.06. The number of hydrogen-bond donors (Lipinski definition) is 2. The number of amides is 1. The minimum atomic E-state index is -4.73. The Balaban J connectivity index is 1.97. The molecule has 2 aromatic carbocycles. The number of aliphatic hydroxyl groups excluding tert-OH is 1. The van der Waals surface area contributed by atoms with Crippen molar-refractivity contribution in [2.45, 2.75) is 25.9 Å². The number of fused-ring (bicyclic) bond motifs is 1. The standard InChI is InChI=1S/C17H14F3NO3/c18-17(19,20)14-6-13(15(23)5-12(14)9-22)16(24)21-7-10-3-1-2-4-11(10)8-21/h1-6,22-23H,7-9H2. The largest absolute Gasteiger partial charge is 0.507 e. The fraction of sp³-hybridized carbons (Fsp3) is 0.235. The molecule has 0 radical (unpaired) electrons. The van der Waals surface area contributed by atoms with Crippen LogP contribution in [-0.2, 0) is 25.9 Å². The van der Waals surface area contributed by atoms with Gasteiger partial charge in [-0.25, -0.2) is 0 Å². The van der Waals surface area contributed by atoms with E-state index in [9.17, 15) is 23.1 Å². The molecule has 0 aromatic heterocycles. The van der Waals surface area contributed by atoms with Gasteiger partial charge in [0.1, 0.15) is 5.75 Å². The number of carbonyl (C=O) groups excluding carboxylic acids is 1. The predicted octanol–water partition coefficient (Wildman–Crippen LogP) is 3.06. The third-order valence-electron chi connectivity index (χ3n) is 4.06. The number of phenolic OH excluding ortho intramolecular Hbond substituents is 1. The average molecular weight is 337 g/mol. The van der Waals surface area contributed by atoms with Crippen molar-refractivity contribution in [2.75, 3.05) is 0 Å². The molecular formula is C17H14F3NO3. The molecule has 1 aliphatic rings. The van der Waals surface area contributed by atoms with Crippen LogP contribution in [0.25, 0.3) is 0 Å². The van der Waals surface area contributed by atoms with Crippen LogP contribution in [0.2, 0.25) is 0 Å². The molecule has 0 unspecified atom stereocenters. The predicted molar refractivity (Wildman–Crippen MR) is 79.1 cm³/mol. The normalized spacial score (nSPS) is 13.9. The number of benzene rings is 2. The summed E-state index contributed by atoms with van der Waals surface area (Å²) in [6.07, 6.45) is -4.73. The number of alkyl halides is 3. The Morgan fingerprint density at radius 2 is 1.71 bits per heavy atom. The van der Waals surface area contributed by atoms with E-state index in [0.717, 1.165) is 17.2 Å². The van der Waals surface area contributed by atoms with Crippen molar-refractivity contribution in [3.8, 4) is 5.75 Å². The van der Waals surface area contributed by atoms with Crippen molar-refractivity contribution in [1.82, 2.24) is 4.90 Å². The van der Waals surface area contributed by atoms with Crippen molar-refractivity contribution in [2.24, 2.45) is 0 Å². The summed E-state index contributed by atoms with van der Waals surface area (Å²) in [5.41, 5.74) is -0.168. The van der Waals surface area contributed by atoms with Gasteiger partial charge < -0.3 is 15.1 Å². The summed E-state index contributed by atoms with van der Waals surface area (Å²) in [5, 5.41) is 19.0. The highest BCUT2D eigenvalue weighted by atomic mass is 19.4. The summed E-state index contributed by atoms with van der Waals surface area (Å²) in [6, 6.07) is 8.73. The van der Waals surface area contributed by atoms with E-state index in [1.165, 1.54) is 4.90 Å². The third kappa shape index (κ3) is 2.82. The molecule has 0 bridgehead atoms. The Kier molecular flexibility index (Phi) is 3.96. The Morgan fingerprint density at radius 1 is 1.12 bits per heavy atom. The molecule has 126 valence electrons. The fourth-order valence-corrected chi connectivity index (χ4v) is 2.84. The van der Waals surface area contributed by atoms with E-state index in [-0.39, 0.29) is 13.1 Å². The second-order valence-corrected chi connectivity index (χ2v) is 5.61. The van der Waals surface area contributed by atoms with E-state index < -0.39 is 41.1 Å². The van der Waals surface area contributed by atoms with Gasteiger partial charge in [0, 0.05) is 13.1 Å². The van der Waals surface area contributed by atoms with Crippen molar-refractivity contribution in [3.63, 3.8) is 0 Å². The van der Waals surface area contributed by atoms with Crippen LogP contribution < -0.4 is 0 Å². The number of phenols is 1. The molecule has 7 heteroatoms. The number of nitrogens with zero attached hydrogens (tertiary/aromatic N) is 1. The van der Waals surface area contributed by atoms with Gasteiger partial charge in [0.25, 0.3) is 5.91 Å². The van der Waals surface area contributed by atoms with Crippen LogP contribution in [0, 0.1) is 0 Å². The molecule has 2 aromatic rings. The van der Waals surface area contributed by atoms with Gasteiger partial charge in [0.15, 0.2) is 0 Å². The Labute approximate surface area is 135 Å². The maximum absolute atomic E-state index is 13.1. The molecular weight excluding hydrogens is 323 g/mol.